The molecular weight excluding hydrogens is 326 g/mol. The van der Waals surface area contributed by atoms with Crippen molar-refractivity contribution in [1.82, 2.24) is 15.6 Å². The second-order valence-electron chi connectivity index (χ2n) is 6.90. The number of amides is 2. The smallest absolute Gasteiger partial charge is 0.315 e. The van der Waals surface area contributed by atoms with Crippen LogP contribution in [0, 0.1) is 0 Å². The third-order valence-corrected chi connectivity index (χ3v) is 4.71. The fourth-order valence-electron chi connectivity index (χ4n) is 3.32. The molecule has 0 saturated heterocycles. The molecule has 138 valence electrons. The van der Waals surface area contributed by atoms with Gasteiger partial charge in [0.2, 0.25) is 0 Å². The number of pyridine rings is 1. The number of hydrogen-bond donors (Lipinski definition) is 2. The van der Waals surface area contributed by atoms with Gasteiger partial charge in [-0.3, -0.25) is 0 Å². The molecule has 0 fully saturated rings. The first-order chi connectivity index (χ1) is 12.5. The second-order valence-corrected chi connectivity index (χ2v) is 6.90. The van der Waals surface area contributed by atoms with Crippen molar-refractivity contribution in [3.05, 3.63) is 53.7 Å². The van der Waals surface area contributed by atoms with Gasteiger partial charge in [-0.25, -0.2) is 9.78 Å². The van der Waals surface area contributed by atoms with Crippen LogP contribution in [-0.2, 0) is 13.0 Å². The van der Waals surface area contributed by atoms with Crippen molar-refractivity contribution in [2.75, 3.05) is 37.0 Å². The van der Waals surface area contributed by atoms with Gasteiger partial charge in [-0.05, 0) is 42.7 Å². The highest BCUT2D eigenvalue weighted by atomic mass is 16.2. The van der Waals surface area contributed by atoms with Gasteiger partial charge in [0.1, 0.15) is 5.82 Å². The monoisotopic (exact) mass is 353 g/mol. The van der Waals surface area contributed by atoms with E-state index in [0.29, 0.717) is 19.1 Å². The number of nitrogens with one attached hydrogen (secondary N) is 2. The molecule has 2 amide bonds. The molecule has 0 saturated carbocycles. The van der Waals surface area contributed by atoms with Crippen molar-refractivity contribution >= 4 is 17.5 Å². The Morgan fingerprint density at radius 2 is 2.08 bits per heavy atom. The van der Waals surface area contributed by atoms with Crippen LogP contribution in [0.2, 0.25) is 0 Å². The zero-order valence-electron chi connectivity index (χ0n) is 15.7. The second kappa shape index (κ2) is 8.08. The summed E-state index contributed by atoms with van der Waals surface area (Å²) in [6.07, 6.45) is 2.83. The number of anilines is 2. The summed E-state index contributed by atoms with van der Waals surface area (Å²) in [7, 11) is 3.90. The Morgan fingerprint density at radius 1 is 1.27 bits per heavy atom. The quantitative estimate of drug-likeness (QED) is 0.837. The van der Waals surface area contributed by atoms with Crippen LogP contribution in [0.25, 0.3) is 0 Å². The van der Waals surface area contributed by atoms with E-state index in [2.05, 4.69) is 51.7 Å². The van der Waals surface area contributed by atoms with Crippen LogP contribution in [0.3, 0.4) is 0 Å². The van der Waals surface area contributed by atoms with E-state index in [9.17, 15) is 4.79 Å². The van der Waals surface area contributed by atoms with Crippen molar-refractivity contribution in [2.24, 2.45) is 0 Å². The van der Waals surface area contributed by atoms with Crippen molar-refractivity contribution in [1.29, 1.82) is 0 Å². The molecule has 6 heteroatoms. The van der Waals surface area contributed by atoms with Gasteiger partial charge in [0, 0.05) is 51.7 Å². The van der Waals surface area contributed by atoms with Crippen LogP contribution < -0.4 is 20.4 Å². The molecule has 0 spiro atoms. The zero-order valence-corrected chi connectivity index (χ0v) is 15.7. The molecule has 0 radical (unpaired) electrons. The first-order valence-corrected chi connectivity index (χ1v) is 9.03. The Hall–Kier alpha value is -2.76. The van der Waals surface area contributed by atoms with E-state index in [-0.39, 0.29) is 6.03 Å². The number of aromatic nitrogens is 1. The lowest BCUT2D eigenvalue weighted by Crippen LogP contribution is -2.41. The van der Waals surface area contributed by atoms with Crippen LogP contribution in [0.5, 0.6) is 0 Å². The highest BCUT2D eigenvalue weighted by molar-refractivity contribution is 5.74. The predicted octanol–water partition coefficient (Wildman–Crippen LogP) is 2.40. The average Bonchev–Trinajstić information content (AvgIpc) is 2.96. The van der Waals surface area contributed by atoms with Crippen molar-refractivity contribution in [3.8, 4) is 0 Å². The average molecular weight is 353 g/mol. The number of fused-ring (bicyclic) bond motifs is 1. The molecule has 3 rings (SSSR count). The Labute approximate surface area is 155 Å². The van der Waals surface area contributed by atoms with Crippen molar-refractivity contribution in [2.45, 2.75) is 25.9 Å². The molecule has 1 aromatic carbocycles. The summed E-state index contributed by atoms with van der Waals surface area (Å²) in [6.45, 7) is 4.14. The third kappa shape index (κ3) is 4.25. The lowest BCUT2D eigenvalue weighted by Gasteiger charge is -2.25. The largest absolute Gasteiger partial charge is 0.367 e. The number of carbonyl (C=O) groups is 1. The Kier molecular flexibility index (Phi) is 5.61. The zero-order chi connectivity index (χ0) is 18.5. The summed E-state index contributed by atoms with van der Waals surface area (Å²) in [6, 6.07) is 12.7. The summed E-state index contributed by atoms with van der Waals surface area (Å²) in [5, 5.41) is 5.86. The van der Waals surface area contributed by atoms with E-state index in [1.54, 1.807) is 6.20 Å². The highest BCUT2D eigenvalue weighted by Crippen LogP contribution is 2.31. The first kappa shape index (κ1) is 18.0. The minimum Gasteiger partial charge on any atom is -0.367 e. The molecule has 2 heterocycles. The van der Waals surface area contributed by atoms with E-state index in [4.69, 9.17) is 0 Å². The fourth-order valence-corrected chi connectivity index (χ4v) is 3.32. The number of rotatable bonds is 6. The summed E-state index contributed by atoms with van der Waals surface area (Å²) in [4.78, 5) is 20.7. The van der Waals surface area contributed by atoms with Gasteiger partial charge in [0.15, 0.2) is 0 Å². The molecule has 1 atom stereocenters. The SMILES string of the molecule is CC1Cc2ccccc2N1CCNC(=O)NCc1ccnc(N(C)C)c1. The highest BCUT2D eigenvalue weighted by Gasteiger charge is 2.24. The number of urea groups is 1. The van der Waals surface area contributed by atoms with Crippen molar-refractivity contribution < 1.29 is 4.79 Å². The normalized spacial score (nSPS) is 15.5. The standard InChI is InChI=1S/C20H27N5O/c1-15-12-17-6-4-5-7-18(17)25(15)11-10-22-20(26)23-14-16-8-9-21-19(13-16)24(2)3/h4-9,13,15H,10-12,14H2,1-3H3,(H2,22,23,26). The Bertz CT molecular complexity index is 761. The van der Waals surface area contributed by atoms with Gasteiger partial charge in [-0.1, -0.05) is 18.2 Å². The lowest BCUT2D eigenvalue weighted by atomic mass is 10.1. The molecule has 26 heavy (non-hydrogen) atoms. The van der Waals surface area contributed by atoms with Crippen LogP contribution in [0.15, 0.2) is 42.6 Å². The molecule has 2 N–H and O–H groups in total. The molecular formula is C20H27N5O. The van der Waals surface area contributed by atoms with E-state index in [1.807, 2.05) is 31.1 Å². The molecule has 6 nitrogen and oxygen atoms in total. The van der Waals surface area contributed by atoms with Crippen LogP contribution >= 0.6 is 0 Å². The molecule has 2 aromatic rings. The van der Waals surface area contributed by atoms with E-state index in [0.717, 1.165) is 24.3 Å². The predicted molar refractivity (Wildman–Crippen MR) is 106 cm³/mol. The molecule has 0 bridgehead atoms. The number of hydrogen-bond acceptors (Lipinski definition) is 4. The van der Waals surface area contributed by atoms with Gasteiger partial charge < -0.3 is 20.4 Å². The van der Waals surface area contributed by atoms with E-state index in [1.165, 1.54) is 11.3 Å². The topological polar surface area (TPSA) is 60.5 Å². The number of benzene rings is 1. The van der Waals surface area contributed by atoms with E-state index >= 15 is 0 Å². The number of carbonyl (C=O) groups excluding carboxylic acids is 1. The van der Waals surface area contributed by atoms with Gasteiger partial charge in [-0.15, -0.1) is 0 Å². The minimum atomic E-state index is -0.145. The van der Waals surface area contributed by atoms with Crippen LogP contribution in [-0.4, -0.2) is 44.2 Å². The molecule has 1 unspecified atom stereocenters. The van der Waals surface area contributed by atoms with Gasteiger partial charge >= 0.3 is 6.03 Å². The maximum atomic E-state index is 12.1. The number of para-hydroxylation sites is 1. The maximum Gasteiger partial charge on any atom is 0.315 e. The first-order valence-electron chi connectivity index (χ1n) is 9.03. The summed E-state index contributed by atoms with van der Waals surface area (Å²) >= 11 is 0. The fraction of sp³-hybridized carbons (Fsp3) is 0.400. The van der Waals surface area contributed by atoms with Crippen molar-refractivity contribution in [3.63, 3.8) is 0 Å². The molecule has 1 aromatic heterocycles. The lowest BCUT2D eigenvalue weighted by molar-refractivity contribution is 0.240. The van der Waals surface area contributed by atoms with Crippen LogP contribution in [0.4, 0.5) is 16.3 Å². The number of nitrogens with zero attached hydrogens (tertiary/aromatic N) is 3. The minimum absolute atomic E-state index is 0.145. The summed E-state index contributed by atoms with van der Waals surface area (Å²) in [5.41, 5.74) is 3.70. The van der Waals surface area contributed by atoms with Gasteiger partial charge in [-0.2, -0.15) is 0 Å². The van der Waals surface area contributed by atoms with Crippen LogP contribution in [0.1, 0.15) is 18.1 Å². The third-order valence-electron chi connectivity index (χ3n) is 4.71. The molecule has 0 aliphatic carbocycles. The van der Waals surface area contributed by atoms with Gasteiger partial charge in [0.05, 0.1) is 0 Å². The maximum absolute atomic E-state index is 12.1. The Morgan fingerprint density at radius 3 is 2.88 bits per heavy atom. The van der Waals surface area contributed by atoms with E-state index < -0.39 is 0 Å². The molecule has 1 aliphatic heterocycles. The Balaban J connectivity index is 1.44. The molecule has 1 aliphatic rings. The van der Waals surface area contributed by atoms with Gasteiger partial charge in [0.25, 0.3) is 0 Å². The summed E-state index contributed by atoms with van der Waals surface area (Å²) in [5.74, 6) is 0.881. The summed E-state index contributed by atoms with van der Waals surface area (Å²) < 4.78 is 0.